The highest BCUT2D eigenvalue weighted by Crippen LogP contribution is 2.05. The lowest BCUT2D eigenvalue weighted by molar-refractivity contribution is -0.121. The minimum Gasteiger partial charge on any atom is -0.459 e. The Morgan fingerprint density at radius 1 is 1.48 bits per heavy atom. The third kappa shape index (κ3) is 4.48. The summed E-state index contributed by atoms with van der Waals surface area (Å²) in [6.07, 6.45) is 5.69. The van der Waals surface area contributed by atoms with Crippen molar-refractivity contribution in [1.29, 1.82) is 0 Å². The number of amides is 2. The van der Waals surface area contributed by atoms with Crippen LogP contribution in [0.4, 0.5) is 0 Å². The molecule has 3 N–H and O–H groups in total. The van der Waals surface area contributed by atoms with Gasteiger partial charge in [0.1, 0.15) is 5.82 Å². The molecule has 2 rings (SSSR count). The normalized spacial score (nSPS) is 11.9. The maximum atomic E-state index is 11.7. The van der Waals surface area contributed by atoms with Crippen LogP contribution in [0.25, 0.3) is 0 Å². The van der Waals surface area contributed by atoms with Crippen LogP contribution in [0.1, 0.15) is 42.2 Å². The Morgan fingerprint density at radius 2 is 2.33 bits per heavy atom. The summed E-state index contributed by atoms with van der Waals surface area (Å²) >= 11 is 0. The number of furan rings is 1. The van der Waals surface area contributed by atoms with Gasteiger partial charge in [0, 0.05) is 25.4 Å². The lowest BCUT2D eigenvalue weighted by Gasteiger charge is -2.11. The molecule has 0 spiro atoms. The van der Waals surface area contributed by atoms with E-state index in [0.29, 0.717) is 19.4 Å². The lowest BCUT2D eigenvalue weighted by Crippen LogP contribution is -2.29. The molecule has 1 unspecified atom stereocenters. The Kier molecular flexibility index (Phi) is 5.14. The minimum atomic E-state index is -0.274. The fourth-order valence-electron chi connectivity index (χ4n) is 1.84. The number of rotatable bonds is 7. The molecule has 0 fully saturated rings. The van der Waals surface area contributed by atoms with Crippen molar-refractivity contribution in [3.8, 4) is 0 Å². The fraction of sp³-hybridized carbons (Fsp3) is 0.357. The number of hydrogen-bond acceptors (Lipinski definition) is 4. The first kappa shape index (κ1) is 14.8. The maximum Gasteiger partial charge on any atom is 0.286 e. The number of H-pyrrole nitrogens is 1. The van der Waals surface area contributed by atoms with Gasteiger partial charge in [0.05, 0.1) is 12.3 Å². The molecule has 0 aromatic carbocycles. The second kappa shape index (κ2) is 7.28. The molecule has 2 heterocycles. The standard InChI is InChI=1S/C14H18N4O3/c1-10(13-15-7-8-16-13)18-12(19)5-2-6-17-14(20)11-4-3-9-21-11/h3-4,7-10H,2,5-6H2,1H3,(H,15,16)(H,17,20)(H,18,19). The zero-order chi connectivity index (χ0) is 15.1. The number of imidazole rings is 1. The van der Waals surface area contributed by atoms with Crippen molar-refractivity contribution in [3.05, 3.63) is 42.4 Å². The van der Waals surface area contributed by atoms with Crippen LogP contribution in [0.3, 0.4) is 0 Å². The van der Waals surface area contributed by atoms with E-state index >= 15 is 0 Å². The first-order valence-corrected chi connectivity index (χ1v) is 6.77. The number of nitrogens with one attached hydrogen (secondary N) is 3. The van der Waals surface area contributed by atoms with Crippen molar-refractivity contribution < 1.29 is 14.0 Å². The van der Waals surface area contributed by atoms with E-state index in [4.69, 9.17) is 4.42 Å². The Balaban J connectivity index is 1.62. The number of nitrogens with zero attached hydrogens (tertiary/aromatic N) is 1. The van der Waals surface area contributed by atoms with Crippen LogP contribution in [0.5, 0.6) is 0 Å². The maximum absolute atomic E-state index is 11.7. The van der Waals surface area contributed by atoms with Gasteiger partial charge < -0.3 is 20.0 Å². The van der Waals surface area contributed by atoms with E-state index < -0.39 is 0 Å². The predicted molar refractivity (Wildman–Crippen MR) is 75.4 cm³/mol. The molecule has 7 heteroatoms. The van der Waals surface area contributed by atoms with Crippen molar-refractivity contribution in [2.75, 3.05) is 6.54 Å². The van der Waals surface area contributed by atoms with Crippen molar-refractivity contribution >= 4 is 11.8 Å². The monoisotopic (exact) mass is 290 g/mol. The van der Waals surface area contributed by atoms with E-state index in [-0.39, 0.29) is 23.6 Å². The van der Waals surface area contributed by atoms with Gasteiger partial charge in [0.2, 0.25) is 5.91 Å². The molecule has 112 valence electrons. The molecule has 2 aromatic rings. The largest absolute Gasteiger partial charge is 0.459 e. The molecule has 0 saturated heterocycles. The number of aromatic amines is 1. The topological polar surface area (TPSA) is 100 Å². The number of aromatic nitrogens is 2. The van der Waals surface area contributed by atoms with E-state index in [1.807, 2.05) is 6.92 Å². The molecule has 21 heavy (non-hydrogen) atoms. The van der Waals surface area contributed by atoms with Crippen LogP contribution in [0.15, 0.2) is 35.2 Å². The summed E-state index contributed by atoms with van der Waals surface area (Å²) in [4.78, 5) is 30.3. The summed E-state index contributed by atoms with van der Waals surface area (Å²) in [6, 6.07) is 3.08. The van der Waals surface area contributed by atoms with Gasteiger partial charge in [0.15, 0.2) is 5.76 Å². The van der Waals surface area contributed by atoms with Crippen LogP contribution in [-0.2, 0) is 4.79 Å². The van der Waals surface area contributed by atoms with Crippen molar-refractivity contribution in [1.82, 2.24) is 20.6 Å². The predicted octanol–water partition coefficient (Wildman–Crippen LogP) is 1.39. The quantitative estimate of drug-likeness (QED) is 0.671. The second-order valence-corrected chi connectivity index (χ2v) is 4.60. The SMILES string of the molecule is CC(NC(=O)CCCNC(=O)c1ccco1)c1ncc[nH]1. The molecule has 7 nitrogen and oxygen atoms in total. The summed E-state index contributed by atoms with van der Waals surface area (Å²) in [7, 11) is 0. The van der Waals surface area contributed by atoms with E-state index in [1.165, 1.54) is 6.26 Å². The van der Waals surface area contributed by atoms with E-state index in [1.54, 1.807) is 24.5 Å². The van der Waals surface area contributed by atoms with Crippen LogP contribution in [0.2, 0.25) is 0 Å². The summed E-state index contributed by atoms with van der Waals surface area (Å²) < 4.78 is 4.97. The van der Waals surface area contributed by atoms with Crippen LogP contribution < -0.4 is 10.6 Å². The minimum absolute atomic E-state index is 0.0776. The summed E-state index contributed by atoms with van der Waals surface area (Å²) in [5, 5.41) is 5.52. The van der Waals surface area contributed by atoms with Gasteiger partial charge in [-0.3, -0.25) is 9.59 Å². The van der Waals surface area contributed by atoms with E-state index in [2.05, 4.69) is 20.6 Å². The molecule has 0 radical (unpaired) electrons. The molecule has 1 atom stereocenters. The molecule has 0 saturated carbocycles. The van der Waals surface area contributed by atoms with Gasteiger partial charge in [-0.1, -0.05) is 0 Å². The van der Waals surface area contributed by atoms with Crippen LogP contribution >= 0.6 is 0 Å². The number of hydrogen-bond donors (Lipinski definition) is 3. The third-order valence-electron chi connectivity index (χ3n) is 2.92. The highest BCUT2D eigenvalue weighted by molar-refractivity contribution is 5.91. The summed E-state index contributed by atoms with van der Waals surface area (Å²) in [5.74, 6) is 0.635. The van der Waals surface area contributed by atoms with Gasteiger partial charge in [-0.15, -0.1) is 0 Å². The Labute approximate surface area is 122 Å². The molecular weight excluding hydrogens is 272 g/mol. The third-order valence-corrected chi connectivity index (χ3v) is 2.92. The second-order valence-electron chi connectivity index (χ2n) is 4.60. The Bertz CT molecular complexity index is 563. The van der Waals surface area contributed by atoms with Gasteiger partial charge in [-0.2, -0.15) is 0 Å². The summed E-state index contributed by atoms with van der Waals surface area (Å²) in [5.41, 5.74) is 0. The highest BCUT2D eigenvalue weighted by Gasteiger charge is 2.11. The van der Waals surface area contributed by atoms with Gasteiger partial charge in [0.25, 0.3) is 5.91 Å². The van der Waals surface area contributed by atoms with Gasteiger partial charge in [-0.05, 0) is 25.5 Å². The van der Waals surface area contributed by atoms with Crippen molar-refractivity contribution in [3.63, 3.8) is 0 Å². The van der Waals surface area contributed by atoms with Gasteiger partial charge in [-0.25, -0.2) is 4.98 Å². The average Bonchev–Trinajstić information content (AvgIpc) is 3.15. The number of carbonyl (C=O) groups is 2. The molecule has 0 bridgehead atoms. The molecule has 0 aliphatic carbocycles. The highest BCUT2D eigenvalue weighted by atomic mass is 16.3. The zero-order valence-electron chi connectivity index (χ0n) is 11.8. The molecule has 0 aliphatic rings. The van der Waals surface area contributed by atoms with Crippen molar-refractivity contribution in [2.24, 2.45) is 0 Å². The Morgan fingerprint density at radius 3 is 3.00 bits per heavy atom. The van der Waals surface area contributed by atoms with E-state index in [0.717, 1.165) is 5.82 Å². The summed E-state index contributed by atoms with van der Waals surface area (Å²) in [6.45, 7) is 2.28. The van der Waals surface area contributed by atoms with Crippen LogP contribution in [0, 0.1) is 0 Å². The first-order chi connectivity index (χ1) is 10.2. The molecule has 2 aromatic heterocycles. The fourth-order valence-corrected chi connectivity index (χ4v) is 1.84. The van der Waals surface area contributed by atoms with E-state index in [9.17, 15) is 9.59 Å². The average molecular weight is 290 g/mol. The smallest absolute Gasteiger partial charge is 0.286 e. The first-order valence-electron chi connectivity index (χ1n) is 6.77. The zero-order valence-corrected chi connectivity index (χ0v) is 11.8. The van der Waals surface area contributed by atoms with Crippen LogP contribution in [-0.4, -0.2) is 28.3 Å². The Hall–Kier alpha value is -2.57. The van der Waals surface area contributed by atoms with Crippen molar-refractivity contribution in [2.45, 2.75) is 25.8 Å². The molecule has 2 amide bonds. The van der Waals surface area contributed by atoms with Gasteiger partial charge >= 0.3 is 0 Å². The molecule has 0 aliphatic heterocycles. The number of carbonyl (C=O) groups excluding carboxylic acids is 2. The lowest BCUT2D eigenvalue weighted by atomic mass is 10.2. The molecular formula is C14H18N4O3.